The Bertz CT molecular complexity index is 984. The van der Waals surface area contributed by atoms with Crippen LogP contribution in [0.3, 0.4) is 0 Å². The average molecular weight is 342 g/mol. The van der Waals surface area contributed by atoms with E-state index in [1.54, 1.807) is 43.3 Å². The summed E-state index contributed by atoms with van der Waals surface area (Å²) in [5.74, 6) is -0.559. The Morgan fingerprint density at radius 1 is 1.17 bits per heavy atom. The summed E-state index contributed by atoms with van der Waals surface area (Å²) in [7, 11) is 0. The van der Waals surface area contributed by atoms with Crippen LogP contribution in [0.5, 0.6) is 0 Å². The first-order chi connectivity index (χ1) is 11.5. The molecular weight excluding hydrogens is 327 g/mol. The van der Waals surface area contributed by atoms with Gasteiger partial charge in [-0.2, -0.15) is 0 Å². The van der Waals surface area contributed by atoms with Crippen LogP contribution in [0.1, 0.15) is 13.8 Å². The summed E-state index contributed by atoms with van der Waals surface area (Å²) < 4.78 is 15.5. The zero-order valence-electron chi connectivity index (χ0n) is 13.2. The van der Waals surface area contributed by atoms with Crippen LogP contribution >= 0.6 is 11.8 Å². The van der Waals surface area contributed by atoms with Crippen LogP contribution in [0.25, 0.3) is 16.6 Å². The van der Waals surface area contributed by atoms with Gasteiger partial charge in [0.15, 0.2) is 5.16 Å². The largest absolute Gasteiger partial charge is 0.299 e. The monoisotopic (exact) mass is 342 g/mol. The van der Waals surface area contributed by atoms with E-state index in [1.807, 2.05) is 0 Å². The highest BCUT2D eigenvalue weighted by atomic mass is 32.2. The standard InChI is InChI=1S/C18H15FN2O2S/c1-11(22)12(2)24-18-20-15-9-5-3-7-13(15)17(23)21(18)16-10-6-4-8-14(16)19/h3-10,12H,1-2H3. The molecule has 0 spiro atoms. The molecule has 1 unspecified atom stereocenters. The number of Topliss-reactive ketones (excluding diaryl/α,β-unsaturated/α-hetero) is 1. The molecule has 122 valence electrons. The van der Waals surface area contributed by atoms with E-state index in [4.69, 9.17) is 0 Å². The zero-order valence-corrected chi connectivity index (χ0v) is 14.0. The molecule has 0 amide bonds. The molecule has 3 rings (SSSR count). The molecule has 0 aliphatic carbocycles. The minimum absolute atomic E-state index is 0.0394. The number of aromatic nitrogens is 2. The van der Waals surface area contributed by atoms with Gasteiger partial charge in [0.05, 0.1) is 21.8 Å². The van der Waals surface area contributed by atoms with Gasteiger partial charge in [0.1, 0.15) is 11.6 Å². The summed E-state index contributed by atoms with van der Waals surface area (Å²) in [5.41, 5.74) is 0.288. The molecule has 0 fully saturated rings. The molecule has 0 aliphatic heterocycles. The fourth-order valence-corrected chi connectivity index (χ4v) is 3.20. The molecule has 3 aromatic rings. The van der Waals surface area contributed by atoms with E-state index in [2.05, 4.69) is 4.98 Å². The SMILES string of the molecule is CC(=O)C(C)Sc1nc2ccccc2c(=O)n1-c1ccccc1F. The molecule has 2 aromatic carbocycles. The summed E-state index contributed by atoms with van der Waals surface area (Å²) >= 11 is 1.15. The fourth-order valence-electron chi connectivity index (χ4n) is 2.28. The van der Waals surface area contributed by atoms with E-state index < -0.39 is 11.1 Å². The molecule has 1 heterocycles. The zero-order chi connectivity index (χ0) is 17.3. The molecule has 1 atom stereocenters. The normalized spacial score (nSPS) is 12.3. The first kappa shape index (κ1) is 16.4. The summed E-state index contributed by atoms with van der Waals surface area (Å²) in [5, 5.41) is 0.308. The second-order valence-corrected chi connectivity index (χ2v) is 6.68. The predicted octanol–water partition coefficient (Wildman–Crippen LogP) is 3.59. The van der Waals surface area contributed by atoms with Crippen LogP contribution in [-0.4, -0.2) is 20.6 Å². The van der Waals surface area contributed by atoms with Crippen LogP contribution in [0, 0.1) is 5.82 Å². The van der Waals surface area contributed by atoms with Gasteiger partial charge < -0.3 is 0 Å². The third-order valence-electron chi connectivity index (χ3n) is 3.69. The number of hydrogen-bond donors (Lipinski definition) is 0. The quantitative estimate of drug-likeness (QED) is 0.537. The number of thioether (sulfide) groups is 1. The highest BCUT2D eigenvalue weighted by Gasteiger charge is 2.19. The maximum Gasteiger partial charge on any atom is 0.266 e. The number of ketones is 1. The van der Waals surface area contributed by atoms with Crippen LogP contribution in [-0.2, 0) is 4.79 Å². The highest BCUT2D eigenvalue weighted by molar-refractivity contribution is 8.00. The summed E-state index contributed by atoms with van der Waals surface area (Å²) in [6.07, 6.45) is 0. The lowest BCUT2D eigenvalue weighted by Crippen LogP contribution is -2.24. The number of halogens is 1. The molecule has 0 saturated carbocycles. The van der Waals surface area contributed by atoms with Crippen LogP contribution in [0.4, 0.5) is 4.39 Å². The van der Waals surface area contributed by atoms with Crippen LogP contribution in [0.2, 0.25) is 0 Å². The number of carbonyl (C=O) groups is 1. The third-order valence-corrected chi connectivity index (χ3v) is 4.86. The topological polar surface area (TPSA) is 52.0 Å². The Labute approximate surface area is 142 Å². The average Bonchev–Trinajstić information content (AvgIpc) is 2.56. The van der Waals surface area contributed by atoms with Crippen molar-refractivity contribution in [3.8, 4) is 5.69 Å². The van der Waals surface area contributed by atoms with Crippen molar-refractivity contribution < 1.29 is 9.18 Å². The molecule has 0 saturated heterocycles. The Balaban J connectivity index is 2.32. The van der Waals surface area contributed by atoms with E-state index in [-0.39, 0.29) is 17.0 Å². The van der Waals surface area contributed by atoms with Gasteiger partial charge in [-0.3, -0.25) is 14.2 Å². The van der Waals surface area contributed by atoms with Gasteiger partial charge in [-0.15, -0.1) is 0 Å². The van der Waals surface area contributed by atoms with E-state index in [9.17, 15) is 14.0 Å². The Morgan fingerprint density at radius 2 is 1.83 bits per heavy atom. The maximum absolute atomic E-state index is 14.3. The van der Waals surface area contributed by atoms with Crippen LogP contribution in [0.15, 0.2) is 58.5 Å². The molecule has 0 aliphatic rings. The lowest BCUT2D eigenvalue weighted by Gasteiger charge is -2.15. The lowest BCUT2D eigenvalue weighted by molar-refractivity contribution is -0.116. The number of nitrogens with zero attached hydrogens (tertiary/aromatic N) is 2. The van der Waals surface area contributed by atoms with Crippen molar-refractivity contribution in [2.45, 2.75) is 24.3 Å². The van der Waals surface area contributed by atoms with Crippen LogP contribution < -0.4 is 5.56 Å². The fraction of sp³-hybridized carbons (Fsp3) is 0.167. The van der Waals surface area contributed by atoms with Gasteiger partial charge >= 0.3 is 0 Å². The van der Waals surface area contributed by atoms with Crippen molar-refractivity contribution in [2.24, 2.45) is 0 Å². The van der Waals surface area contributed by atoms with Gasteiger partial charge in [0.2, 0.25) is 0 Å². The minimum Gasteiger partial charge on any atom is -0.299 e. The van der Waals surface area contributed by atoms with Crippen molar-refractivity contribution in [3.05, 3.63) is 64.7 Å². The Morgan fingerprint density at radius 3 is 2.54 bits per heavy atom. The van der Waals surface area contributed by atoms with E-state index >= 15 is 0 Å². The van der Waals surface area contributed by atoms with E-state index in [1.165, 1.54) is 23.6 Å². The summed E-state index contributed by atoms with van der Waals surface area (Å²) in [4.78, 5) is 29.0. The van der Waals surface area contributed by atoms with Gasteiger partial charge in [0, 0.05) is 0 Å². The van der Waals surface area contributed by atoms with Crippen molar-refractivity contribution in [1.82, 2.24) is 9.55 Å². The number of para-hydroxylation sites is 2. The first-order valence-electron chi connectivity index (χ1n) is 7.43. The number of hydrogen-bond acceptors (Lipinski definition) is 4. The number of rotatable bonds is 4. The van der Waals surface area contributed by atoms with Gasteiger partial charge in [-0.1, -0.05) is 36.0 Å². The molecule has 0 N–H and O–H groups in total. The molecule has 6 heteroatoms. The van der Waals surface area contributed by atoms with Crippen molar-refractivity contribution in [2.75, 3.05) is 0 Å². The highest BCUT2D eigenvalue weighted by Crippen LogP contribution is 2.26. The van der Waals surface area contributed by atoms with E-state index in [0.29, 0.717) is 16.1 Å². The molecule has 24 heavy (non-hydrogen) atoms. The predicted molar refractivity (Wildman–Crippen MR) is 93.3 cm³/mol. The van der Waals surface area contributed by atoms with Crippen molar-refractivity contribution >= 4 is 28.4 Å². The first-order valence-corrected chi connectivity index (χ1v) is 8.31. The second-order valence-electron chi connectivity index (χ2n) is 5.37. The number of fused-ring (bicyclic) bond motifs is 1. The minimum atomic E-state index is -0.519. The number of benzene rings is 2. The second kappa shape index (κ2) is 6.57. The Hall–Kier alpha value is -2.47. The van der Waals surface area contributed by atoms with Crippen molar-refractivity contribution in [1.29, 1.82) is 0 Å². The van der Waals surface area contributed by atoms with E-state index in [0.717, 1.165) is 11.8 Å². The molecule has 1 aromatic heterocycles. The van der Waals surface area contributed by atoms with Gasteiger partial charge in [0.25, 0.3) is 5.56 Å². The smallest absolute Gasteiger partial charge is 0.266 e. The lowest BCUT2D eigenvalue weighted by atomic mass is 10.2. The number of carbonyl (C=O) groups excluding carboxylic acids is 1. The molecular formula is C18H15FN2O2S. The molecule has 0 radical (unpaired) electrons. The van der Waals surface area contributed by atoms with Crippen molar-refractivity contribution in [3.63, 3.8) is 0 Å². The summed E-state index contributed by atoms with van der Waals surface area (Å²) in [6, 6.07) is 12.9. The van der Waals surface area contributed by atoms with Gasteiger partial charge in [-0.05, 0) is 38.1 Å². The molecule has 4 nitrogen and oxygen atoms in total. The molecule has 0 bridgehead atoms. The van der Waals surface area contributed by atoms with Gasteiger partial charge in [-0.25, -0.2) is 9.37 Å². The Kier molecular flexibility index (Phi) is 4.49. The third kappa shape index (κ3) is 2.97. The summed E-state index contributed by atoms with van der Waals surface area (Å²) in [6.45, 7) is 3.21. The maximum atomic E-state index is 14.3.